The van der Waals surface area contributed by atoms with Gasteiger partial charge in [-0.15, -0.1) is 11.3 Å². The Labute approximate surface area is 129 Å². The Hall–Kier alpha value is -1.80. The monoisotopic (exact) mass is 294 g/mol. The van der Waals surface area contributed by atoms with Crippen molar-refractivity contribution < 1.29 is 4.74 Å². The van der Waals surface area contributed by atoms with Crippen LogP contribution in [0.25, 0.3) is 10.8 Å². The van der Waals surface area contributed by atoms with Crippen LogP contribution in [0.1, 0.15) is 24.6 Å². The molecular formula is C19H18OS. The summed E-state index contributed by atoms with van der Waals surface area (Å²) in [7, 11) is 0. The minimum atomic E-state index is -0.0902. The second-order valence-electron chi connectivity index (χ2n) is 5.76. The highest BCUT2D eigenvalue weighted by Crippen LogP contribution is 2.58. The van der Waals surface area contributed by atoms with E-state index in [0.29, 0.717) is 5.92 Å². The van der Waals surface area contributed by atoms with Gasteiger partial charge in [0.1, 0.15) is 11.4 Å². The Balaban J connectivity index is 1.77. The van der Waals surface area contributed by atoms with Crippen LogP contribution in [0.3, 0.4) is 0 Å². The van der Waals surface area contributed by atoms with Crippen LogP contribution in [0.4, 0.5) is 0 Å². The summed E-state index contributed by atoms with van der Waals surface area (Å²) in [5.41, 5.74) is -0.0902. The highest BCUT2D eigenvalue weighted by atomic mass is 32.1. The highest BCUT2D eigenvalue weighted by molar-refractivity contribution is 7.10. The molecule has 106 valence electrons. The van der Waals surface area contributed by atoms with Gasteiger partial charge in [-0.3, -0.25) is 0 Å². The molecule has 0 unspecified atom stereocenters. The molecule has 2 heteroatoms. The Morgan fingerprint density at radius 2 is 1.95 bits per heavy atom. The average molecular weight is 294 g/mol. The standard InChI is InChI=1S/C19H18OS/c1-2-15-13-19(15,18-11-6-12-21-18)20-17-10-5-8-14-7-3-4-9-16(14)17/h3-12,15H,2,13H2,1H3/t15-,19+/m0/s1. The van der Waals surface area contributed by atoms with Crippen LogP contribution in [0.15, 0.2) is 60.0 Å². The molecule has 0 saturated heterocycles. The lowest BCUT2D eigenvalue weighted by Crippen LogP contribution is -2.17. The van der Waals surface area contributed by atoms with Gasteiger partial charge in [-0.1, -0.05) is 49.4 Å². The van der Waals surface area contributed by atoms with Crippen molar-refractivity contribution in [1.29, 1.82) is 0 Å². The van der Waals surface area contributed by atoms with Crippen molar-refractivity contribution in [1.82, 2.24) is 0 Å². The molecule has 0 N–H and O–H groups in total. The maximum absolute atomic E-state index is 6.58. The third-order valence-electron chi connectivity index (χ3n) is 4.52. The molecule has 0 spiro atoms. The number of hydrogen-bond acceptors (Lipinski definition) is 2. The number of benzene rings is 2. The third-order valence-corrected chi connectivity index (χ3v) is 5.55. The van der Waals surface area contributed by atoms with E-state index in [-0.39, 0.29) is 5.60 Å². The lowest BCUT2D eigenvalue weighted by atomic mass is 10.1. The van der Waals surface area contributed by atoms with Crippen LogP contribution in [0, 0.1) is 5.92 Å². The lowest BCUT2D eigenvalue weighted by Gasteiger charge is -2.20. The van der Waals surface area contributed by atoms with Gasteiger partial charge in [0, 0.05) is 16.2 Å². The highest BCUT2D eigenvalue weighted by Gasteiger charge is 2.58. The van der Waals surface area contributed by atoms with Crippen molar-refractivity contribution >= 4 is 22.1 Å². The molecule has 0 aliphatic heterocycles. The van der Waals surface area contributed by atoms with E-state index in [1.807, 2.05) is 11.3 Å². The molecule has 2 atom stereocenters. The lowest BCUT2D eigenvalue weighted by molar-refractivity contribution is 0.166. The number of thiophene rings is 1. The molecule has 21 heavy (non-hydrogen) atoms. The van der Waals surface area contributed by atoms with Crippen LogP contribution in [0.5, 0.6) is 5.75 Å². The Bertz CT molecular complexity index is 757. The van der Waals surface area contributed by atoms with Crippen LogP contribution in [-0.2, 0) is 5.60 Å². The first-order chi connectivity index (χ1) is 10.3. The van der Waals surface area contributed by atoms with Crippen LogP contribution in [0.2, 0.25) is 0 Å². The summed E-state index contributed by atoms with van der Waals surface area (Å²) < 4.78 is 6.58. The van der Waals surface area contributed by atoms with Gasteiger partial charge in [0.25, 0.3) is 0 Å². The number of hydrogen-bond donors (Lipinski definition) is 0. The molecule has 1 aliphatic rings. The van der Waals surface area contributed by atoms with E-state index in [4.69, 9.17) is 4.74 Å². The molecule has 1 aromatic heterocycles. The van der Waals surface area contributed by atoms with Gasteiger partial charge < -0.3 is 4.74 Å². The summed E-state index contributed by atoms with van der Waals surface area (Å²) in [6, 6.07) is 19.1. The quantitative estimate of drug-likeness (QED) is 0.608. The van der Waals surface area contributed by atoms with Crippen molar-refractivity contribution in [3.05, 3.63) is 64.9 Å². The van der Waals surface area contributed by atoms with Crippen molar-refractivity contribution in [2.75, 3.05) is 0 Å². The van der Waals surface area contributed by atoms with Gasteiger partial charge in [0.15, 0.2) is 0 Å². The van der Waals surface area contributed by atoms with Gasteiger partial charge >= 0.3 is 0 Å². The summed E-state index contributed by atoms with van der Waals surface area (Å²) in [5, 5.41) is 4.59. The molecule has 2 aromatic carbocycles. The van der Waals surface area contributed by atoms with Gasteiger partial charge in [0.2, 0.25) is 0 Å². The van der Waals surface area contributed by atoms with Gasteiger partial charge in [-0.2, -0.15) is 0 Å². The summed E-state index contributed by atoms with van der Waals surface area (Å²) in [4.78, 5) is 1.36. The molecule has 1 aliphatic carbocycles. The topological polar surface area (TPSA) is 9.23 Å². The minimum Gasteiger partial charge on any atom is -0.481 e. The SMILES string of the molecule is CC[C@H]1C[C@]1(Oc1cccc2ccccc12)c1cccs1. The molecule has 1 nitrogen and oxygen atoms in total. The first kappa shape index (κ1) is 12.9. The van der Waals surface area contributed by atoms with E-state index in [0.717, 1.165) is 12.2 Å². The predicted octanol–water partition coefficient (Wildman–Crippen LogP) is 5.61. The molecule has 3 aromatic rings. The van der Waals surface area contributed by atoms with E-state index in [1.165, 1.54) is 22.1 Å². The average Bonchev–Trinajstić information content (AvgIpc) is 2.97. The second-order valence-corrected chi connectivity index (χ2v) is 6.70. The van der Waals surface area contributed by atoms with Gasteiger partial charge in [-0.25, -0.2) is 0 Å². The van der Waals surface area contributed by atoms with Crippen LogP contribution in [-0.4, -0.2) is 0 Å². The second kappa shape index (κ2) is 4.88. The van der Waals surface area contributed by atoms with Crippen molar-refractivity contribution in [2.24, 2.45) is 5.92 Å². The normalized spacial score (nSPS) is 24.1. The first-order valence-electron chi connectivity index (χ1n) is 7.54. The number of rotatable bonds is 4. The molecule has 0 bridgehead atoms. The number of fused-ring (bicyclic) bond motifs is 1. The van der Waals surface area contributed by atoms with Crippen molar-refractivity contribution in [2.45, 2.75) is 25.4 Å². The van der Waals surface area contributed by atoms with Crippen LogP contribution >= 0.6 is 11.3 Å². The zero-order valence-electron chi connectivity index (χ0n) is 12.1. The van der Waals surface area contributed by atoms with Gasteiger partial charge in [-0.05, 0) is 35.7 Å². The zero-order chi connectivity index (χ0) is 14.3. The fourth-order valence-electron chi connectivity index (χ4n) is 3.26. The summed E-state index contributed by atoms with van der Waals surface area (Å²) in [6.07, 6.45) is 2.30. The molecule has 0 amide bonds. The number of ether oxygens (including phenoxy) is 1. The van der Waals surface area contributed by atoms with Crippen molar-refractivity contribution in [3.63, 3.8) is 0 Å². The zero-order valence-corrected chi connectivity index (χ0v) is 12.9. The molecule has 1 heterocycles. The van der Waals surface area contributed by atoms with E-state index >= 15 is 0 Å². The summed E-state index contributed by atoms with van der Waals surface area (Å²) >= 11 is 1.81. The Morgan fingerprint density at radius 3 is 2.71 bits per heavy atom. The first-order valence-corrected chi connectivity index (χ1v) is 8.42. The van der Waals surface area contributed by atoms with E-state index < -0.39 is 0 Å². The maximum atomic E-state index is 6.58. The molecule has 1 fully saturated rings. The third kappa shape index (κ3) is 2.06. The Morgan fingerprint density at radius 1 is 1.10 bits per heavy atom. The van der Waals surface area contributed by atoms with Gasteiger partial charge in [0.05, 0.1) is 0 Å². The molecule has 1 saturated carbocycles. The molecule has 0 radical (unpaired) electrons. The van der Waals surface area contributed by atoms with Crippen LogP contribution < -0.4 is 4.74 Å². The fraction of sp³-hybridized carbons (Fsp3) is 0.263. The summed E-state index contributed by atoms with van der Waals surface area (Å²) in [5.74, 6) is 1.65. The molecule has 4 rings (SSSR count). The van der Waals surface area contributed by atoms with E-state index in [1.54, 1.807) is 0 Å². The largest absolute Gasteiger partial charge is 0.481 e. The van der Waals surface area contributed by atoms with Crippen molar-refractivity contribution in [3.8, 4) is 5.75 Å². The fourth-order valence-corrected chi connectivity index (χ4v) is 4.21. The van der Waals surface area contributed by atoms with E-state index in [9.17, 15) is 0 Å². The summed E-state index contributed by atoms with van der Waals surface area (Å²) in [6.45, 7) is 2.26. The van der Waals surface area contributed by atoms with E-state index in [2.05, 4.69) is 66.9 Å². The molecular weight excluding hydrogens is 276 g/mol. The predicted molar refractivity (Wildman–Crippen MR) is 89.0 cm³/mol. The minimum absolute atomic E-state index is 0.0902. The maximum Gasteiger partial charge on any atom is 0.146 e. The Kier molecular flexibility index (Phi) is 3.00. The smallest absolute Gasteiger partial charge is 0.146 e.